The molecule has 2 aromatic carbocycles. The van der Waals surface area contributed by atoms with Crippen molar-refractivity contribution < 1.29 is 24.1 Å². The fraction of sp³-hybridized carbons (Fsp3) is 0.133. The van der Waals surface area contributed by atoms with Crippen LogP contribution in [0.4, 0.5) is 0 Å². The molecular weight excluding hydrogens is 276 g/mol. The molecule has 0 saturated heterocycles. The molecule has 0 aliphatic rings. The first-order chi connectivity index (χ1) is 10.1. The van der Waals surface area contributed by atoms with Crippen molar-refractivity contribution in [1.29, 1.82) is 0 Å². The average molecular weight is 288 g/mol. The molecule has 2 N–H and O–H groups in total. The highest BCUT2D eigenvalue weighted by Crippen LogP contribution is 2.36. The van der Waals surface area contributed by atoms with E-state index in [9.17, 15) is 15.0 Å². The second kappa shape index (κ2) is 4.59. The molecule has 0 unspecified atom stereocenters. The number of aromatic hydroxyl groups is 2. The fourth-order valence-corrected chi connectivity index (χ4v) is 2.28. The smallest absolute Gasteiger partial charge is 0.208 e. The van der Waals surface area contributed by atoms with Crippen molar-refractivity contribution in [3.8, 4) is 23.0 Å². The number of phenols is 2. The Morgan fingerprint density at radius 3 is 2.43 bits per heavy atom. The number of ether oxygens (including phenoxy) is 2. The van der Waals surface area contributed by atoms with E-state index in [-0.39, 0.29) is 39.2 Å². The Morgan fingerprint density at radius 2 is 1.76 bits per heavy atom. The molecule has 0 aliphatic heterocycles. The summed E-state index contributed by atoms with van der Waals surface area (Å²) in [5, 5.41) is 20.0. The highest BCUT2D eigenvalue weighted by molar-refractivity contribution is 5.98. The molecule has 6 nitrogen and oxygen atoms in total. The summed E-state index contributed by atoms with van der Waals surface area (Å²) in [6.45, 7) is 0. The van der Waals surface area contributed by atoms with Crippen molar-refractivity contribution in [3.05, 3.63) is 34.5 Å². The average Bonchev–Trinajstić information content (AvgIpc) is 2.47. The molecule has 3 aromatic rings. The maximum absolute atomic E-state index is 12.6. The van der Waals surface area contributed by atoms with Crippen molar-refractivity contribution in [2.75, 3.05) is 14.2 Å². The van der Waals surface area contributed by atoms with Gasteiger partial charge in [0, 0.05) is 12.1 Å². The van der Waals surface area contributed by atoms with Crippen LogP contribution in [0, 0.1) is 0 Å². The number of rotatable bonds is 2. The lowest BCUT2D eigenvalue weighted by Crippen LogP contribution is -2.04. The first-order valence-electron chi connectivity index (χ1n) is 6.10. The van der Waals surface area contributed by atoms with Crippen molar-refractivity contribution in [2.24, 2.45) is 0 Å². The summed E-state index contributed by atoms with van der Waals surface area (Å²) in [6.07, 6.45) is 0. The van der Waals surface area contributed by atoms with Crippen LogP contribution in [0.1, 0.15) is 0 Å². The van der Waals surface area contributed by atoms with Gasteiger partial charge in [-0.2, -0.15) is 0 Å². The van der Waals surface area contributed by atoms with Crippen LogP contribution in [0.2, 0.25) is 0 Å². The summed E-state index contributed by atoms with van der Waals surface area (Å²) in [4.78, 5) is 12.6. The van der Waals surface area contributed by atoms with Crippen LogP contribution in [-0.2, 0) is 0 Å². The lowest BCUT2D eigenvalue weighted by atomic mass is 10.1. The Kier molecular flexibility index (Phi) is 2.86. The number of fused-ring (bicyclic) bond motifs is 2. The summed E-state index contributed by atoms with van der Waals surface area (Å²) in [5.74, 6) is 0.149. The van der Waals surface area contributed by atoms with Gasteiger partial charge in [0.05, 0.1) is 14.2 Å². The van der Waals surface area contributed by atoms with Crippen LogP contribution >= 0.6 is 0 Å². The molecule has 0 bridgehead atoms. The zero-order valence-corrected chi connectivity index (χ0v) is 11.3. The zero-order valence-electron chi connectivity index (χ0n) is 11.3. The van der Waals surface area contributed by atoms with Crippen molar-refractivity contribution >= 4 is 21.9 Å². The maximum atomic E-state index is 12.6. The molecule has 3 rings (SSSR count). The van der Waals surface area contributed by atoms with Crippen molar-refractivity contribution in [1.82, 2.24) is 0 Å². The summed E-state index contributed by atoms with van der Waals surface area (Å²) < 4.78 is 15.7. The van der Waals surface area contributed by atoms with E-state index in [4.69, 9.17) is 13.9 Å². The number of hydrogen-bond acceptors (Lipinski definition) is 6. The van der Waals surface area contributed by atoms with E-state index in [0.717, 1.165) is 0 Å². The quantitative estimate of drug-likeness (QED) is 0.704. The van der Waals surface area contributed by atoms with E-state index in [1.54, 1.807) is 0 Å². The van der Waals surface area contributed by atoms with Gasteiger partial charge in [-0.1, -0.05) is 0 Å². The lowest BCUT2D eigenvalue weighted by molar-refractivity contribution is 0.407. The van der Waals surface area contributed by atoms with Crippen LogP contribution in [0.3, 0.4) is 0 Å². The molecule has 1 heterocycles. The minimum atomic E-state index is -0.487. The Hall–Kier alpha value is -2.89. The van der Waals surface area contributed by atoms with Gasteiger partial charge in [0.15, 0.2) is 11.3 Å². The minimum absolute atomic E-state index is 0.000460. The van der Waals surface area contributed by atoms with E-state index < -0.39 is 5.43 Å². The number of methoxy groups -OCH3 is 2. The highest BCUT2D eigenvalue weighted by atomic mass is 16.5. The third-order valence-electron chi connectivity index (χ3n) is 3.28. The topological polar surface area (TPSA) is 89.1 Å². The third-order valence-corrected chi connectivity index (χ3v) is 3.28. The first-order valence-corrected chi connectivity index (χ1v) is 6.10. The molecule has 1 aromatic heterocycles. The first kappa shape index (κ1) is 13.1. The Balaban J connectivity index is 2.58. The second-order valence-electron chi connectivity index (χ2n) is 4.44. The van der Waals surface area contributed by atoms with Gasteiger partial charge in [0.1, 0.15) is 33.6 Å². The predicted octanol–water partition coefficient (Wildman–Crippen LogP) is 2.37. The zero-order chi connectivity index (χ0) is 15.1. The standard InChI is InChI=1S/C15H12O6/c1-19-7-5-9(17)12-11(6-7)21-15-8(16)3-4-10(20-2)13(15)14(12)18/h3-6,16-17H,1-2H3. The van der Waals surface area contributed by atoms with Gasteiger partial charge < -0.3 is 24.1 Å². The molecule has 0 spiro atoms. The van der Waals surface area contributed by atoms with Crippen LogP contribution in [0.5, 0.6) is 23.0 Å². The molecular formula is C15H12O6. The minimum Gasteiger partial charge on any atom is -0.507 e. The number of benzene rings is 2. The molecule has 0 radical (unpaired) electrons. The molecule has 0 atom stereocenters. The summed E-state index contributed by atoms with van der Waals surface area (Å²) >= 11 is 0. The monoisotopic (exact) mass is 288 g/mol. The molecule has 0 fully saturated rings. The molecule has 0 amide bonds. The normalized spacial score (nSPS) is 11.0. The van der Waals surface area contributed by atoms with E-state index in [2.05, 4.69) is 0 Å². The van der Waals surface area contributed by atoms with E-state index in [1.165, 1.54) is 38.5 Å². The maximum Gasteiger partial charge on any atom is 0.208 e. The summed E-state index contributed by atoms with van der Waals surface area (Å²) in [7, 11) is 2.84. The Labute approximate surface area is 118 Å². The molecule has 108 valence electrons. The SMILES string of the molecule is COc1cc(O)c2c(=O)c3c(OC)ccc(O)c3oc2c1. The van der Waals surface area contributed by atoms with Gasteiger partial charge in [-0.05, 0) is 12.1 Å². The summed E-state index contributed by atoms with van der Waals surface area (Å²) in [6, 6.07) is 5.62. The van der Waals surface area contributed by atoms with E-state index in [0.29, 0.717) is 5.75 Å². The van der Waals surface area contributed by atoms with Gasteiger partial charge in [-0.25, -0.2) is 0 Å². The van der Waals surface area contributed by atoms with Crippen LogP contribution in [0.15, 0.2) is 33.5 Å². The molecule has 0 saturated carbocycles. The van der Waals surface area contributed by atoms with E-state index >= 15 is 0 Å². The van der Waals surface area contributed by atoms with E-state index in [1.807, 2.05) is 0 Å². The van der Waals surface area contributed by atoms with Crippen LogP contribution < -0.4 is 14.9 Å². The molecule has 0 aliphatic carbocycles. The highest BCUT2D eigenvalue weighted by Gasteiger charge is 2.18. The predicted molar refractivity (Wildman–Crippen MR) is 76.4 cm³/mol. The number of phenolic OH excluding ortho intramolecular Hbond substituents is 2. The number of hydrogen-bond donors (Lipinski definition) is 2. The Bertz CT molecular complexity index is 910. The molecule has 6 heteroatoms. The lowest BCUT2D eigenvalue weighted by Gasteiger charge is -2.09. The van der Waals surface area contributed by atoms with Crippen molar-refractivity contribution in [2.45, 2.75) is 0 Å². The van der Waals surface area contributed by atoms with Crippen molar-refractivity contribution in [3.63, 3.8) is 0 Å². The fourth-order valence-electron chi connectivity index (χ4n) is 2.28. The largest absolute Gasteiger partial charge is 0.507 e. The van der Waals surface area contributed by atoms with Gasteiger partial charge in [-0.15, -0.1) is 0 Å². The van der Waals surface area contributed by atoms with Gasteiger partial charge >= 0.3 is 0 Å². The molecule has 21 heavy (non-hydrogen) atoms. The van der Waals surface area contributed by atoms with Crippen LogP contribution in [0.25, 0.3) is 21.9 Å². The second-order valence-corrected chi connectivity index (χ2v) is 4.44. The Morgan fingerprint density at radius 1 is 1.00 bits per heavy atom. The van der Waals surface area contributed by atoms with Gasteiger partial charge in [0.25, 0.3) is 0 Å². The third kappa shape index (κ3) is 1.84. The summed E-state index contributed by atoms with van der Waals surface area (Å²) in [5.41, 5.74) is -0.369. The van der Waals surface area contributed by atoms with Gasteiger partial charge in [-0.3, -0.25) is 4.79 Å². The van der Waals surface area contributed by atoms with Crippen LogP contribution in [-0.4, -0.2) is 24.4 Å². The van der Waals surface area contributed by atoms with Gasteiger partial charge in [0.2, 0.25) is 5.43 Å².